The number of aliphatic imine (C=N–C) groups is 1. The molecule has 1 aromatic carbocycles. The monoisotopic (exact) mass is 504 g/mol. The number of hydrogen-bond acceptors (Lipinski definition) is 7. The Balaban J connectivity index is 0.000000824. The van der Waals surface area contributed by atoms with Gasteiger partial charge in [0.25, 0.3) is 0 Å². The number of pyridine rings is 1. The van der Waals surface area contributed by atoms with E-state index in [-0.39, 0.29) is 12.1 Å². The lowest BCUT2D eigenvalue weighted by atomic mass is 10.0. The Hall–Kier alpha value is -2.73. The first kappa shape index (κ1) is 29.3. The summed E-state index contributed by atoms with van der Waals surface area (Å²) in [6, 6.07) is 12.1. The number of terminal acetylenes is 1. The fraction of sp³-hybridized carbons (Fsp3) is 0.375. The minimum absolute atomic E-state index is 0.140. The third-order valence-corrected chi connectivity index (χ3v) is 4.56. The molecule has 0 fully saturated rings. The molecule has 174 valence electrons. The SMILES string of the molecule is C#C.CCC(=O)OC.CCCNC1CN=C(c2ccccn2)c2cc(Br)ccc2N1.CO. The van der Waals surface area contributed by atoms with Gasteiger partial charge < -0.3 is 15.2 Å². The van der Waals surface area contributed by atoms with E-state index in [0.29, 0.717) is 13.0 Å². The highest BCUT2D eigenvalue weighted by Crippen LogP contribution is 2.26. The van der Waals surface area contributed by atoms with Gasteiger partial charge in [-0.3, -0.25) is 20.1 Å². The highest BCUT2D eigenvalue weighted by molar-refractivity contribution is 9.10. The van der Waals surface area contributed by atoms with Crippen LogP contribution < -0.4 is 10.6 Å². The van der Waals surface area contributed by atoms with Crippen molar-refractivity contribution in [2.75, 3.05) is 32.6 Å². The molecule has 0 saturated heterocycles. The lowest BCUT2D eigenvalue weighted by Crippen LogP contribution is -2.38. The molecule has 0 amide bonds. The molecule has 2 heterocycles. The molecule has 0 bridgehead atoms. The maximum absolute atomic E-state index is 9.96. The van der Waals surface area contributed by atoms with Crippen LogP contribution in [-0.2, 0) is 9.53 Å². The maximum Gasteiger partial charge on any atom is 0.305 e. The van der Waals surface area contributed by atoms with Crippen molar-refractivity contribution in [1.29, 1.82) is 0 Å². The maximum atomic E-state index is 9.96. The van der Waals surface area contributed by atoms with Crippen molar-refractivity contribution >= 4 is 33.3 Å². The molecule has 7 nitrogen and oxygen atoms in total. The number of nitrogens with one attached hydrogen (secondary N) is 2. The zero-order chi connectivity index (χ0) is 24.4. The van der Waals surface area contributed by atoms with Gasteiger partial charge in [0.1, 0.15) is 0 Å². The lowest BCUT2D eigenvalue weighted by Gasteiger charge is -2.18. The first-order valence-corrected chi connectivity index (χ1v) is 11.0. The van der Waals surface area contributed by atoms with Gasteiger partial charge in [0.2, 0.25) is 0 Å². The standard InChI is InChI=1S/C17H19BrN4.C4H8O2.C2H2.CH4O/c1-2-8-20-16-11-21-17(15-5-3-4-9-19-15)13-10-12(18)6-7-14(13)22-16;1-3-4(5)6-2;2*1-2/h3-7,9-10,16,20,22H,2,8,11H2,1H3;3H2,1-2H3;1-2H;2H,1H3. The van der Waals surface area contributed by atoms with Crippen molar-refractivity contribution in [3.8, 4) is 12.8 Å². The van der Waals surface area contributed by atoms with E-state index >= 15 is 0 Å². The number of nitrogens with zero attached hydrogens (tertiary/aromatic N) is 2. The fourth-order valence-corrected chi connectivity index (χ4v) is 3.00. The quantitative estimate of drug-likeness (QED) is 0.422. The number of aliphatic hydroxyl groups is 1. The summed E-state index contributed by atoms with van der Waals surface area (Å²) in [7, 11) is 2.38. The van der Waals surface area contributed by atoms with E-state index in [2.05, 4.69) is 68.2 Å². The Kier molecular flexibility index (Phi) is 16.4. The molecule has 3 N–H and O–H groups in total. The number of carbonyl (C=O) groups is 1. The largest absolute Gasteiger partial charge is 0.469 e. The summed E-state index contributed by atoms with van der Waals surface area (Å²) in [4.78, 5) is 19.2. The van der Waals surface area contributed by atoms with Crippen LogP contribution in [0.1, 0.15) is 37.9 Å². The highest BCUT2D eigenvalue weighted by atomic mass is 79.9. The third kappa shape index (κ3) is 10.1. The van der Waals surface area contributed by atoms with E-state index in [0.717, 1.165) is 47.2 Å². The third-order valence-electron chi connectivity index (χ3n) is 4.06. The van der Waals surface area contributed by atoms with Crippen molar-refractivity contribution in [2.24, 2.45) is 4.99 Å². The van der Waals surface area contributed by atoms with Gasteiger partial charge in [-0.1, -0.05) is 35.8 Å². The van der Waals surface area contributed by atoms with Crippen molar-refractivity contribution in [2.45, 2.75) is 32.9 Å². The van der Waals surface area contributed by atoms with Crippen LogP contribution in [0.25, 0.3) is 0 Å². The molecule has 32 heavy (non-hydrogen) atoms. The predicted octanol–water partition coefficient (Wildman–Crippen LogP) is 3.86. The van der Waals surface area contributed by atoms with Crippen LogP contribution in [-0.4, -0.2) is 55.2 Å². The second kappa shape index (κ2) is 17.9. The summed E-state index contributed by atoms with van der Waals surface area (Å²) in [6.07, 6.45) is 11.5. The number of halogens is 1. The Bertz CT molecular complexity index is 836. The van der Waals surface area contributed by atoms with Gasteiger partial charge in [0.15, 0.2) is 0 Å². The van der Waals surface area contributed by atoms with Gasteiger partial charge in [-0.15, -0.1) is 12.8 Å². The molecule has 1 atom stereocenters. The van der Waals surface area contributed by atoms with Gasteiger partial charge >= 0.3 is 5.97 Å². The van der Waals surface area contributed by atoms with E-state index in [1.165, 1.54) is 7.11 Å². The molecule has 3 rings (SSSR count). The molecule has 1 aliphatic heterocycles. The normalized spacial score (nSPS) is 13.5. The number of esters is 1. The molecule has 1 aromatic heterocycles. The summed E-state index contributed by atoms with van der Waals surface area (Å²) >= 11 is 3.55. The number of anilines is 1. The molecule has 0 aliphatic carbocycles. The van der Waals surface area contributed by atoms with Crippen molar-refractivity contribution in [3.05, 3.63) is 58.3 Å². The number of aromatic nitrogens is 1. The molecule has 0 spiro atoms. The number of carbonyl (C=O) groups excluding carboxylic acids is 1. The van der Waals surface area contributed by atoms with Crippen molar-refractivity contribution < 1.29 is 14.6 Å². The number of benzodiazepines with no additional fused rings is 1. The average Bonchev–Trinajstić information content (AvgIpc) is 3.04. The lowest BCUT2D eigenvalue weighted by molar-refractivity contribution is -0.140. The molecule has 8 heteroatoms. The zero-order valence-corrected chi connectivity index (χ0v) is 20.7. The number of hydrogen-bond donors (Lipinski definition) is 3. The number of ether oxygens (including phenoxy) is 1. The number of fused-ring (bicyclic) bond motifs is 1. The minimum Gasteiger partial charge on any atom is -0.469 e. The van der Waals surface area contributed by atoms with Gasteiger partial charge in [-0.25, -0.2) is 0 Å². The predicted molar refractivity (Wildman–Crippen MR) is 135 cm³/mol. The second-order valence-corrected chi connectivity index (χ2v) is 7.09. The fourth-order valence-electron chi connectivity index (χ4n) is 2.64. The van der Waals surface area contributed by atoms with Crippen LogP contribution >= 0.6 is 15.9 Å². The summed E-state index contributed by atoms with van der Waals surface area (Å²) in [6.45, 7) is 5.57. The molecule has 0 saturated carbocycles. The number of aliphatic hydroxyl groups excluding tert-OH is 1. The number of methoxy groups -OCH3 is 1. The van der Waals surface area contributed by atoms with Crippen LogP contribution in [0.3, 0.4) is 0 Å². The number of rotatable bonds is 5. The summed E-state index contributed by atoms with van der Waals surface area (Å²) < 4.78 is 5.30. The zero-order valence-electron chi connectivity index (χ0n) is 19.1. The van der Waals surface area contributed by atoms with E-state index in [4.69, 9.17) is 10.1 Å². The van der Waals surface area contributed by atoms with Gasteiger partial charge in [0.05, 0.1) is 31.2 Å². The summed E-state index contributed by atoms with van der Waals surface area (Å²) in [5.74, 6) is -0.157. The van der Waals surface area contributed by atoms with Crippen LogP contribution in [0.5, 0.6) is 0 Å². The van der Waals surface area contributed by atoms with Crippen molar-refractivity contribution in [3.63, 3.8) is 0 Å². The van der Waals surface area contributed by atoms with E-state index in [1.54, 1.807) is 13.1 Å². The Morgan fingerprint density at radius 3 is 2.53 bits per heavy atom. The average molecular weight is 505 g/mol. The van der Waals surface area contributed by atoms with E-state index in [9.17, 15) is 4.79 Å². The Morgan fingerprint density at radius 1 is 1.28 bits per heavy atom. The van der Waals surface area contributed by atoms with Crippen LogP contribution in [0.2, 0.25) is 0 Å². The van der Waals surface area contributed by atoms with E-state index < -0.39 is 0 Å². The van der Waals surface area contributed by atoms with Gasteiger partial charge in [-0.2, -0.15) is 0 Å². The molecular formula is C24H33BrN4O3. The van der Waals surface area contributed by atoms with Gasteiger partial charge in [0, 0.05) is 35.5 Å². The van der Waals surface area contributed by atoms with Crippen LogP contribution in [0, 0.1) is 12.8 Å². The van der Waals surface area contributed by atoms with Crippen molar-refractivity contribution in [1.82, 2.24) is 10.3 Å². The van der Waals surface area contributed by atoms with Crippen LogP contribution in [0.15, 0.2) is 52.1 Å². The Morgan fingerprint density at radius 2 is 2.00 bits per heavy atom. The van der Waals surface area contributed by atoms with Gasteiger partial charge in [-0.05, 0) is 43.3 Å². The molecule has 1 aliphatic rings. The topological polar surface area (TPSA) is 95.8 Å². The summed E-state index contributed by atoms with van der Waals surface area (Å²) in [5.41, 5.74) is 4.00. The molecule has 2 aromatic rings. The summed E-state index contributed by atoms with van der Waals surface area (Å²) in [5, 5.41) is 14.0. The first-order valence-electron chi connectivity index (χ1n) is 10.2. The molecular weight excluding hydrogens is 472 g/mol. The first-order chi connectivity index (χ1) is 15.6. The Labute approximate surface area is 199 Å². The second-order valence-electron chi connectivity index (χ2n) is 6.17. The molecule has 1 unspecified atom stereocenters. The minimum atomic E-state index is -0.157. The smallest absolute Gasteiger partial charge is 0.305 e. The van der Waals surface area contributed by atoms with Crippen LogP contribution in [0.4, 0.5) is 5.69 Å². The van der Waals surface area contributed by atoms with E-state index in [1.807, 2.05) is 24.3 Å². The molecule has 0 radical (unpaired) electrons. The highest BCUT2D eigenvalue weighted by Gasteiger charge is 2.20. The number of benzene rings is 1.